The van der Waals surface area contributed by atoms with Gasteiger partial charge in [-0.25, -0.2) is 0 Å². The molecule has 1 heterocycles. The van der Waals surface area contributed by atoms with Crippen molar-refractivity contribution < 1.29 is 9.53 Å². The van der Waals surface area contributed by atoms with Crippen molar-refractivity contribution in [2.45, 2.75) is 118 Å². The minimum atomic E-state index is -0.185. The van der Waals surface area contributed by atoms with Gasteiger partial charge < -0.3 is 9.30 Å². The number of esters is 1. The van der Waals surface area contributed by atoms with Gasteiger partial charge in [-0.2, -0.15) is 0 Å². The molecule has 194 valence electrons. The van der Waals surface area contributed by atoms with E-state index in [0.717, 1.165) is 18.9 Å². The molecule has 1 aromatic heterocycles. The van der Waals surface area contributed by atoms with Gasteiger partial charge in [0.25, 0.3) is 0 Å². The third kappa shape index (κ3) is 3.61. The smallest absolute Gasteiger partial charge is 0.302 e. The van der Waals surface area contributed by atoms with Gasteiger partial charge in [0.15, 0.2) is 0 Å². The van der Waals surface area contributed by atoms with Crippen molar-refractivity contribution in [1.29, 1.82) is 0 Å². The normalized spacial score (nSPS) is 42.3. The first kappa shape index (κ1) is 25.2. The number of carbonyl (C=O) groups excluding carboxylic acids is 1. The summed E-state index contributed by atoms with van der Waals surface area (Å²) in [7, 11) is 0. The number of allylic oxidation sites excluding steroid dienone is 1. The van der Waals surface area contributed by atoms with Crippen LogP contribution in [0.5, 0.6) is 0 Å². The SMILES string of the molecule is CC[C@H](C)Cn1cc2c(c1)[C@@]1(C)[C@H](OC(C)=O)C[C@H]3[C@@]4(C)CCCC(C)(C)[C@H]4CC[C@@]3(C)[C@@H]1C=C2. The zero-order valence-corrected chi connectivity index (χ0v) is 23.6. The van der Waals surface area contributed by atoms with Crippen molar-refractivity contribution in [2.24, 2.45) is 39.9 Å². The highest BCUT2D eigenvalue weighted by atomic mass is 16.5. The maximum Gasteiger partial charge on any atom is 0.302 e. The van der Waals surface area contributed by atoms with Crippen molar-refractivity contribution >= 4 is 12.0 Å². The first-order valence-electron chi connectivity index (χ1n) is 14.4. The summed E-state index contributed by atoms with van der Waals surface area (Å²) in [6.07, 6.45) is 18.4. The van der Waals surface area contributed by atoms with Gasteiger partial charge in [0.1, 0.15) is 6.10 Å². The highest BCUT2D eigenvalue weighted by molar-refractivity contribution is 5.67. The predicted molar refractivity (Wildman–Crippen MR) is 144 cm³/mol. The highest BCUT2D eigenvalue weighted by Gasteiger charge is 2.67. The Labute approximate surface area is 214 Å². The maximum atomic E-state index is 12.5. The molecule has 0 aromatic carbocycles. The molecule has 0 N–H and O–H groups in total. The predicted octanol–water partition coefficient (Wildman–Crippen LogP) is 8.02. The third-order valence-electron chi connectivity index (χ3n) is 11.8. The van der Waals surface area contributed by atoms with E-state index in [1.807, 2.05) is 0 Å². The molecule has 8 atom stereocenters. The maximum absolute atomic E-state index is 12.5. The van der Waals surface area contributed by atoms with Crippen molar-refractivity contribution in [2.75, 3.05) is 0 Å². The Hall–Kier alpha value is -1.51. The molecule has 0 amide bonds. The second-order valence-electron chi connectivity index (χ2n) is 14.3. The van der Waals surface area contributed by atoms with Gasteiger partial charge in [0.05, 0.1) is 0 Å². The molecule has 0 radical (unpaired) electrons. The lowest BCUT2D eigenvalue weighted by atomic mass is 9.36. The summed E-state index contributed by atoms with van der Waals surface area (Å²) in [6, 6.07) is 0. The monoisotopic (exact) mass is 479 g/mol. The largest absolute Gasteiger partial charge is 0.462 e. The molecular weight excluding hydrogens is 430 g/mol. The lowest BCUT2D eigenvalue weighted by Crippen LogP contribution is -2.66. The van der Waals surface area contributed by atoms with Crippen molar-refractivity contribution in [3.8, 4) is 0 Å². The molecule has 0 aliphatic heterocycles. The van der Waals surface area contributed by atoms with Crippen LogP contribution < -0.4 is 0 Å². The molecule has 4 aliphatic carbocycles. The molecular formula is C32H49NO2. The van der Waals surface area contributed by atoms with Gasteiger partial charge >= 0.3 is 5.97 Å². The van der Waals surface area contributed by atoms with Gasteiger partial charge in [0, 0.05) is 31.3 Å². The summed E-state index contributed by atoms with van der Waals surface area (Å²) in [5.74, 6) is 2.23. The van der Waals surface area contributed by atoms with E-state index in [2.05, 4.69) is 77.6 Å². The third-order valence-corrected chi connectivity index (χ3v) is 11.8. The van der Waals surface area contributed by atoms with E-state index < -0.39 is 0 Å². The summed E-state index contributed by atoms with van der Waals surface area (Å²) in [5.41, 5.74) is 3.46. The Bertz CT molecular complexity index is 1020. The van der Waals surface area contributed by atoms with E-state index in [1.165, 1.54) is 49.7 Å². The molecule has 4 aliphatic rings. The van der Waals surface area contributed by atoms with Crippen molar-refractivity contribution in [1.82, 2.24) is 4.57 Å². The minimum absolute atomic E-state index is 0.0770. The average Bonchev–Trinajstić information content (AvgIpc) is 3.18. The van der Waals surface area contributed by atoms with E-state index >= 15 is 0 Å². The lowest BCUT2D eigenvalue weighted by Gasteiger charge is -2.69. The Morgan fingerprint density at radius 1 is 1.09 bits per heavy atom. The molecule has 1 aromatic rings. The van der Waals surface area contributed by atoms with Crippen LogP contribution in [0.1, 0.15) is 111 Å². The summed E-state index contributed by atoms with van der Waals surface area (Å²) in [4.78, 5) is 12.5. The van der Waals surface area contributed by atoms with Gasteiger partial charge in [-0.3, -0.25) is 4.79 Å². The lowest BCUT2D eigenvalue weighted by molar-refractivity contribution is -0.205. The summed E-state index contributed by atoms with van der Waals surface area (Å²) in [6.45, 7) is 19.9. The van der Waals surface area contributed by atoms with Gasteiger partial charge in [0.2, 0.25) is 0 Å². The van der Waals surface area contributed by atoms with Crippen LogP contribution in [0.3, 0.4) is 0 Å². The average molecular weight is 480 g/mol. The van der Waals surface area contributed by atoms with E-state index in [-0.39, 0.29) is 22.9 Å². The van der Waals surface area contributed by atoms with Crippen LogP contribution in [0.25, 0.3) is 6.08 Å². The van der Waals surface area contributed by atoms with E-state index in [0.29, 0.717) is 28.6 Å². The van der Waals surface area contributed by atoms with E-state index in [1.54, 1.807) is 6.92 Å². The zero-order valence-electron chi connectivity index (χ0n) is 23.6. The Morgan fingerprint density at radius 2 is 1.83 bits per heavy atom. The molecule has 0 unspecified atom stereocenters. The summed E-state index contributed by atoms with van der Waals surface area (Å²) >= 11 is 0. The fraction of sp³-hybridized carbons (Fsp3) is 0.781. The molecule has 5 rings (SSSR count). The first-order chi connectivity index (χ1) is 16.4. The Morgan fingerprint density at radius 3 is 2.51 bits per heavy atom. The highest BCUT2D eigenvalue weighted by Crippen LogP contribution is 2.72. The molecule has 3 fully saturated rings. The van der Waals surface area contributed by atoms with Crippen LogP contribution in [0.4, 0.5) is 0 Å². The van der Waals surface area contributed by atoms with Crippen LogP contribution >= 0.6 is 0 Å². The molecule has 0 saturated heterocycles. The topological polar surface area (TPSA) is 31.2 Å². The van der Waals surface area contributed by atoms with Gasteiger partial charge in [-0.05, 0) is 83.1 Å². The minimum Gasteiger partial charge on any atom is -0.462 e. The molecule has 0 spiro atoms. The van der Waals surface area contributed by atoms with Gasteiger partial charge in [-0.1, -0.05) is 73.5 Å². The Kier molecular flexibility index (Phi) is 5.93. The van der Waals surface area contributed by atoms with Crippen LogP contribution in [-0.4, -0.2) is 16.6 Å². The van der Waals surface area contributed by atoms with Crippen LogP contribution in [0.2, 0.25) is 0 Å². The molecule has 0 bridgehead atoms. The number of aromatic nitrogens is 1. The first-order valence-corrected chi connectivity index (χ1v) is 14.4. The number of fused-ring (bicyclic) bond motifs is 7. The number of carbonyl (C=O) groups is 1. The fourth-order valence-corrected chi connectivity index (χ4v) is 9.98. The quantitative estimate of drug-likeness (QED) is 0.409. The molecule has 3 heteroatoms. The zero-order chi connectivity index (χ0) is 25.4. The standard InChI is InChI=1S/C32H49NO2/c1-9-21(2)18-33-19-23-11-12-26-31(7)16-13-25-29(4,5)14-10-15-30(25,6)27(31)17-28(35-22(3)34)32(26,8)24(23)20-33/h11-12,19-21,25-28H,9-10,13-18H2,1-8H3/t21-,25+,26-,27-,28+,30-,31-,32+/m0/s1. The summed E-state index contributed by atoms with van der Waals surface area (Å²) < 4.78 is 8.72. The summed E-state index contributed by atoms with van der Waals surface area (Å²) in [5, 5.41) is 0. The molecule has 35 heavy (non-hydrogen) atoms. The number of hydrogen-bond donors (Lipinski definition) is 0. The number of nitrogens with zero attached hydrogens (tertiary/aromatic N) is 1. The fourth-order valence-electron chi connectivity index (χ4n) is 9.98. The van der Waals surface area contributed by atoms with Crippen molar-refractivity contribution in [3.63, 3.8) is 0 Å². The van der Waals surface area contributed by atoms with E-state index in [9.17, 15) is 4.79 Å². The number of ether oxygens (including phenoxy) is 1. The second-order valence-corrected chi connectivity index (χ2v) is 14.3. The van der Waals surface area contributed by atoms with Crippen LogP contribution in [0.15, 0.2) is 18.5 Å². The van der Waals surface area contributed by atoms with Crippen molar-refractivity contribution in [3.05, 3.63) is 29.6 Å². The van der Waals surface area contributed by atoms with Crippen LogP contribution in [-0.2, 0) is 21.5 Å². The van der Waals surface area contributed by atoms with Crippen LogP contribution in [0, 0.1) is 39.9 Å². The molecule has 3 nitrogen and oxygen atoms in total. The second kappa shape index (κ2) is 8.25. The Balaban J connectivity index is 1.61. The van der Waals surface area contributed by atoms with E-state index in [4.69, 9.17) is 4.74 Å². The number of rotatable bonds is 4. The van der Waals surface area contributed by atoms with Gasteiger partial charge in [-0.15, -0.1) is 0 Å². The molecule has 3 saturated carbocycles. The number of hydrogen-bond acceptors (Lipinski definition) is 2.